The van der Waals surface area contributed by atoms with E-state index in [9.17, 15) is 0 Å². The fourth-order valence-corrected chi connectivity index (χ4v) is 3.34. The number of halogens is 1. The van der Waals surface area contributed by atoms with Crippen LogP contribution in [0, 0.1) is 3.57 Å². The van der Waals surface area contributed by atoms with Gasteiger partial charge < -0.3 is 5.73 Å². The second-order valence-corrected chi connectivity index (χ2v) is 7.62. The van der Waals surface area contributed by atoms with Crippen LogP contribution in [0.5, 0.6) is 0 Å². The summed E-state index contributed by atoms with van der Waals surface area (Å²) in [6.45, 7) is 8.72. The second kappa shape index (κ2) is 5.36. The predicted molar refractivity (Wildman–Crippen MR) is 90.6 cm³/mol. The molecule has 0 saturated carbocycles. The molecule has 0 bridgehead atoms. The number of nitrogen functional groups attached to an aromatic ring is 1. The highest BCUT2D eigenvalue weighted by Crippen LogP contribution is 2.34. The average Bonchev–Trinajstić information content (AvgIpc) is 2.81. The van der Waals surface area contributed by atoms with Crippen LogP contribution >= 0.6 is 33.9 Å². The largest absolute Gasteiger partial charge is 0.383 e. The molecule has 0 unspecified atom stereocenters. The molecule has 0 aliphatic carbocycles. The minimum Gasteiger partial charge on any atom is -0.383 e. The lowest BCUT2D eigenvalue weighted by Gasteiger charge is -2.15. The Kier molecular flexibility index (Phi) is 4.15. The molecule has 2 aromatic rings. The van der Waals surface area contributed by atoms with Gasteiger partial charge in [-0.15, -0.1) is 11.3 Å². The fourth-order valence-electron chi connectivity index (χ4n) is 1.72. The monoisotopic (exact) mass is 387 g/mol. The van der Waals surface area contributed by atoms with Crippen molar-refractivity contribution < 1.29 is 0 Å². The van der Waals surface area contributed by atoms with Gasteiger partial charge in [0.1, 0.15) is 5.82 Å². The van der Waals surface area contributed by atoms with Crippen molar-refractivity contribution in [3.8, 4) is 10.7 Å². The number of nitrogens with two attached hydrogens (primary N) is 1. The van der Waals surface area contributed by atoms with Gasteiger partial charge in [-0.3, -0.25) is 0 Å². The smallest absolute Gasteiger partial charge is 0.171 e. The lowest BCUT2D eigenvalue weighted by molar-refractivity contribution is 0.604. The number of aromatic nitrogens is 2. The third kappa shape index (κ3) is 3.08. The first-order valence-electron chi connectivity index (χ1n) is 6.25. The van der Waals surface area contributed by atoms with Crippen molar-refractivity contribution >= 4 is 39.7 Å². The minimum atomic E-state index is 0.158. The van der Waals surface area contributed by atoms with E-state index in [4.69, 9.17) is 5.73 Å². The van der Waals surface area contributed by atoms with Gasteiger partial charge in [0, 0.05) is 4.88 Å². The van der Waals surface area contributed by atoms with Gasteiger partial charge in [-0.1, -0.05) is 27.7 Å². The van der Waals surface area contributed by atoms with Gasteiger partial charge in [0.25, 0.3) is 0 Å². The molecule has 2 rings (SSSR count). The van der Waals surface area contributed by atoms with Crippen molar-refractivity contribution in [3.63, 3.8) is 0 Å². The van der Waals surface area contributed by atoms with E-state index < -0.39 is 0 Å². The van der Waals surface area contributed by atoms with Crippen molar-refractivity contribution in [2.45, 2.75) is 39.5 Å². The van der Waals surface area contributed by atoms with Gasteiger partial charge in [0.15, 0.2) is 5.82 Å². The maximum atomic E-state index is 5.97. The van der Waals surface area contributed by atoms with Crippen LogP contribution in [-0.4, -0.2) is 9.97 Å². The zero-order valence-corrected chi connectivity index (χ0v) is 14.6. The Morgan fingerprint density at radius 1 is 1.26 bits per heavy atom. The van der Waals surface area contributed by atoms with Crippen LogP contribution in [0.2, 0.25) is 0 Å². The molecular formula is C14H18IN3S. The Bertz CT molecular complexity index is 599. The Hall–Kier alpha value is -0.690. The van der Waals surface area contributed by atoms with Crippen LogP contribution < -0.4 is 5.73 Å². The first-order valence-corrected chi connectivity index (χ1v) is 8.15. The molecule has 19 heavy (non-hydrogen) atoms. The molecule has 2 N–H and O–H groups in total. The van der Waals surface area contributed by atoms with Crippen LogP contribution in [0.25, 0.3) is 10.7 Å². The minimum absolute atomic E-state index is 0.158. The van der Waals surface area contributed by atoms with E-state index in [0.29, 0.717) is 5.82 Å². The Morgan fingerprint density at radius 3 is 2.47 bits per heavy atom. The maximum absolute atomic E-state index is 5.97. The van der Waals surface area contributed by atoms with Crippen LogP contribution in [-0.2, 0) is 11.8 Å². The van der Waals surface area contributed by atoms with Gasteiger partial charge >= 0.3 is 0 Å². The highest BCUT2D eigenvalue weighted by molar-refractivity contribution is 14.1. The summed E-state index contributed by atoms with van der Waals surface area (Å²) in [5.41, 5.74) is 7.15. The molecule has 0 aliphatic heterocycles. The van der Waals surface area contributed by atoms with E-state index in [-0.39, 0.29) is 5.41 Å². The van der Waals surface area contributed by atoms with Crippen molar-refractivity contribution in [2.24, 2.45) is 0 Å². The lowest BCUT2D eigenvalue weighted by Crippen LogP contribution is -2.07. The Balaban J connectivity index is 2.48. The van der Waals surface area contributed by atoms with Crippen LogP contribution in [0.15, 0.2) is 12.1 Å². The summed E-state index contributed by atoms with van der Waals surface area (Å²) < 4.78 is 0.969. The molecule has 2 heterocycles. The highest BCUT2D eigenvalue weighted by atomic mass is 127. The van der Waals surface area contributed by atoms with Crippen LogP contribution in [0.1, 0.15) is 38.3 Å². The molecule has 0 aromatic carbocycles. The first-order chi connectivity index (χ1) is 8.82. The number of thiophene rings is 1. The molecule has 0 radical (unpaired) electrons. The second-order valence-electron chi connectivity index (χ2n) is 5.46. The van der Waals surface area contributed by atoms with E-state index in [1.807, 2.05) is 0 Å². The van der Waals surface area contributed by atoms with E-state index in [1.165, 1.54) is 4.88 Å². The normalized spacial score (nSPS) is 11.8. The summed E-state index contributed by atoms with van der Waals surface area (Å²) in [7, 11) is 0. The zero-order chi connectivity index (χ0) is 14.2. The quantitative estimate of drug-likeness (QED) is 0.784. The van der Waals surface area contributed by atoms with Gasteiger partial charge in [-0.05, 0) is 46.6 Å². The van der Waals surface area contributed by atoms with Gasteiger partial charge in [0.05, 0.1) is 14.1 Å². The van der Waals surface area contributed by atoms with Crippen molar-refractivity contribution in [1.29, 1.82) is 0 Å². The van der Waals surface area contributed by atoms with Gasteiger partial charge in [-0.2, -0.15) is 0 Å². The fraction of sp³-hybridized carbons (Fsp3) is 0.429. The third-order valence-electron chi connectivity index (χ3n) is 2.85. The van der Waals surface area contributed by atoms with Gasteiger partial charge in [0.2, 0.25) is 0 Å². The molecular weight excluding hydrogens is 369 g/mol. The molecule has 0 aliphatic rings. The topological polar surface area (TPSA) is 51.8 Å². The van der Waals surface area contributed by atoms with E-state index >= 15 is 0 Å². The summed E-state index contributed by atoms with van der Waals surface area (Å²) in [4.78, 5) is 11.5. The number of hydrogen-bond acceptors (Lipinski definition) is 4. The molecule has 0 spiro atoms. The summed E-state index contributed by atoms with van der Waals surface area (Å²) in [5.74, 6) is 1.32. The van der Waals surface area contributed by atoms with Crippen molar-refractivity contribution in [2.75, 3.05) is 5.73 Å². The molecule has 102 valence electrons. The molecule has 0 fully saturated rings. The number of aryl methyl sites for hydroxylation is 1. The number of rotatable bonds is 2. The first kappa shape index (κ1) is 14.7. The number of anilines is 1. The average molecular weight is 387 g/mol. The molecule has 0 saturated heterocycles. The third-order valence-corrected chi connectivity index (χ3v) is 5.53. The standard InChI is InChI=1S/C14H18IN3S/c1-5-8-11(15)12(16)18-13(17-8)9-6-7-10(19-9)14(2,3)4/h6-7H,5H2,1-4H3,(H2,16,17,18). The van der Waals surface area contributed by atoms with Crippen molar-refractivity contribution in [1.82, 2.24) is 9.97 Å². The predicted octanol–water partition coefficient (Wildman–Crippen LogP) is 4.25. The summed E-state index contributed by atoms with van der Waals surface area (Å²) in [6, 6.07) is 4.25. The number of nitrogens with zero attached hydrogens (tertiary/aromatic N) is 2. The van der Waals surface area contributed by atoms with Crippen molar-refractivity contribution in [3.05, 3.63) is 26.3 Å². The molecule has 3 nitrogen and oxygen atoms in total. The van der Waals surface area contributed by atoms with Crippen LogP contribution in [0.4, 0.5) is 5.82 Å². The van der Waals surface area contributed by atoms with Crippen LogP contribution in [0.3, 0.4) is 0 Å². The zero-order valence-electron chi connectivity index (χ0n) is 11.6. The summed E-state index contributed by atoms with van der Waals surface area (Å²) in [6.07, 6.45) is 0.871. The highest BCUT2D eigenvalue weighted by Gasteiger charge is 2.18. The molecule has 5 heteroatoms. The Morgan fingerprint density at radius 2 is 1.95 bits per heavy atom. The number of hydrogen-bond donors (Lipinski definition) is 1. The van der Waals surface area contributed by atoms with E-state index in [1.54, 1.807) is 11.3 Å². The van der Waals surface area contributed by atoms with Gasteiger partial charge in [-0.25, -0.2) is 9.97 Å². The maximum Gasteiger partial charge on any atom is 0.171 e. The summed E-state index contributed by atoms with van der Waals surface area (Å²) >= 11 is 3.96. The summed E-state index contributed by atoms with van der Waals surface area (Å²) in [5, 5.41) is 0. The molecule has 0 amide bonds. The molecule has 0 atom stereocenters. The molecule has 2 aromatic heterocycles. The van der Waals surface area contributed by atoms with E-state index in [0.717, 1.165) is 26.4 Å². The Labute approximate surface area is 131 Å². The SMILES string of the molecule is CCc1nc(-c2ccc(C(C)(C)C)s2)nc(N)c1I. The van der Waals surface area contributed by atoms with E-state index in [2.05, 4.69) is 72.4 Å². The lowest BCUT2D eigenvalue weighted by atomic mass is 9.95.